The molecule has 0 aliphatic carbocycles. The van der Waals surface area contributed by atoms with Crippen LogP contribution in [0, 0.1) is 5.92 Å². The van der Waals surface area contributed by atoms with E-state index in [1.54, 1.807) is 25.7 Å². The van der Waals surface area contributed by atoms with Crippen LogP contribution in [0.1, 0.15) is 33.6 Å². The van der Waals surface area contributed by atoms with Crippen molar-refractivity contribution in [2.45, 2.75) is 49.0 Å². The summed E-state index contributed by atoms with van der Waals surface area (Å²) >= 11 is 0. The fourth-order valence-corrected chi connectivity index (χ4v) is 6.09. The average Bonchev–Trinajstić information content (AvgIpc) is 2.83. The van der Waals surface area contributed by atoms with Gasteiger partial charge in [-0.15, -0.1) is 0 Å². The van der Waals surface area contributed by atoms with Crippen molar-refractivity contribution in [3.63, 3.8) is 0 Å². The molecule has 1 aliphatic heterocycles. The Morgan fingerprint density at radius 3 is 2.24 bits per heavy atom. The van der Waals surface area contributed by atoms with E-state index in [0.717, 1.165) is 6.07 Å². The Hall–Kier alpha value is -3.03. The van der Waals surface area contributed by atoms with Crippen LogP contribution in [0.15, 0.2) is 52.3 Å². The van der Waals surface area contributed by atoms with Crippen LogP contribution in [0.5, 0.6) is 11.5 Å². The van der Waals surface area contributed by atoms with Gasteiger partial charge in [-0.1, -0.05) is 6.07 Å². The number of phenols is 1. The highest BCUT2D eigenvalue weighted by atomic mass is 32.2. The molecule has 0 spiro atoms. The molecule has 0 radical (unpaired) electrons. The molecule has 37 heavy (non-hydrogen) atoms. The zero-order valence-corrected chi connectivity index (χ0v) is 22.9. The SMILES string of the molecule is COc1cc(O)ccc1NS(=O)(=O)c1cccc(S(=O)(=O)NCC2CCN(C(=O)OC(C)(C)C)CC2)c1. The van der Waals surface area contributed by atoms with Gasteiger partial charge in [0, 0.05) is 25.7 Å². The molecule has 1 saturated heterocycles. The zero-order valence-electron chi connectivity index (χ0n) is 21.2. The Morgan fingerprint density at radius 2 is 1.65 bits per heavy atom. The van der Waals surface area contributed by atoms with Crippen LogP contribution in [-0.2, 0) is 24.8 Å². The number of nitrogens with one attached hydrogen (secondary N) is 2. The molecule has 11 nitrogen and oxygen atoms in total. The Bertz CT molecular complexity index is 1330. The molecule has 204 valence electrons. The van der Waals surface area contributed by atoms with E-state index >= 15 is 0 Å². The van der Waals surface area contributed by atoms with Crippen molar-refractivity contribution < 1.29 is 36.2 Å². The Morgan fingerprint density at radius 1 is 1.03 bits per heavy atom. The second-order valence-corrected chi connectivity index (χ2v) is 13.2. The van der Waals surface area contributed by atoms with Gasteiger partial charge >= 0.3 is 6.09 Å². The van der Waals surface area contributed by atoms with Gasteiger partial charge in [0.2, 0.25) is 10.0 Å². The third-order valence-corrected chi connectivity index (χ3v) is 8.47. The predicted molar refractivity (Wildman–Crippen MR) is 138 cm³/mol. The minimum absolute atomic E-state index is 0.0176. The van der Waals surface area contributed by atoms with Crippen LogP contribution in [0.4, 0.5) is 10.5 Å². The lowest BCUT2D eigenvalue weighted by atomic mass is 9.97. The lowest BCUT2D eigenvalue weighted by Crippen LogP contribution is -2.43. The van der Waals surface area contributed by atoms with E-state index in [1.165, 1.54) is 43.5 Å². The first-order chi connectivity index (χ1) is 17.2. The lowest BCUT2D eigenvalue weighted by Gasteiger charge is -2.33. The van der Waals surface area contributed by atoms with Crippen molar-refractivity contribution in [3.8, 4) is 11.5 Å². The molecule has 0 aromatic heterocycles. The molecule has 0 unspecified atom stereocenters. The number of ether oxygens (including phenoxy) is 2. The van der Waals surface area contributed by atoms with Crippen molar-refractivity contribution in [1.29, 1.82) is 0 Å². The summed E-state index contributed by atoms with van der Waals surface area (Å²) in [6, 6.07) is 8.89. The molecule has 0 atom stereocenters. The molecule has 1 heterocycles. The zero-order chi connectivity index (χ0) is 27.4. The molecule has 13 heteroatoms. The van der Waals surface area contributed by atoms with Crippen LogP contribution in [0.2, 0.25) is 0 Å². The van der Waals surface area contributed by atoms with Gasteiger partial charge in [-0.2, -0.15) is 0 Å². The third-order valence-electron chi connectivity index (χ3n) is 5.68. The number of benzene rings is 2. The van der Waals surface area contributed by atoms with Crippen LogP contribution in [-0.4, -0.2) is 65.3 Å². The monoisotopic (exact) mass is 555 g/mol. The van der Waals surface area contributed by atoms with Crippen molar-refractivity contribution in [3.05, 3.63) is 42.5 Å². The summed E-state index contributed by atoms with van der Waals surface area (Å²) in [5, 5.41) is 9.58. The number of likely N-dealkylation sites (tertiary alicyclic amines) is 1. The van der Waals surface area contributed by atoms with Gasteiger partial charge in [0.25, 0.3) is 10.0 Å². The molecule has 1 aliphatic rings. The highest BCUT2D eigenvalue weighted by molar-refractivity contribution is 7.93. The molecule has 3 rings (SSSR count). The number of hydrogen-bond acceptors (Lipinski definition) is 8. The van der Waals surface area contributed by atoms with Crippen molar-refractivity contribution in [2.75, 3.05) is 31.5 Å². The van der Waals surface area contributed by atoms with Gasteiger partial charge in [-0.3, -0.25) is 4.72 Å². The Balaban J connectivity index is 1.64. The maximum absolute atomic E-state index is 12.9. The molecular weight excluding hydrogens is 522 g/mol. The first-order valence-electron chi connectivity index (χ1n) is 11.7. The topological polar surface area (TPSA) is 151 Å². The number of amides is 1. The number of piperidine rings is 1. The smallest absolute Gasteiger partial charge is 0.410 e. The Labute approximate surface area is 217 Å². The second-order valence-electron chi connectivity index (χ2n) is 9.73. The molecule has 2 aromatic rings. The number of phenolic OH excluding ortho intramolecular Hbond substituents is 1. The molecule has 0 bridgehead atoms. The van der Waals surface area contributed by atoms with Gasteiger partial charge in [0.15, 0.2) is 0 Å². The first-order valence-corrected chi connectivity index (χ1v) is 14.6. The quantitative estimate of drug-likeness (QED) is 0.420. The highest BCUT2D eigenvalue weighted by Gasteiger charge is 2.28. The molecule has 1 fully saturated rings. The van der Waals surface area contributed by atoms with Gasteiger partial charge in [-0.05, 0) is 69.9 Å². The molecular formula is C24H33N3O8S2. The molecule has 3 N–H and O–H groups in total. The van der Waals surface area contributed by atoms with Gasteiger partial charge < -0.3 is 19.5 Å². The molecule has 2 aromatic carbocycles. The summed E-state index contributed by atoms with van der Waals surface area (Å²) < 4.78 is 67.1. The van der Waals surface area contributed by atoms with Gasteiger partial charge in [-0.25, -0.2) is 26.4 Å². The van der Waals surface area contributed by atoms with Crippen LogP contribution in [0.3, 0.4) is 0 Å². The minimum atomic E-state index is -4.16. The van der Waals surface area contributed by atoms with Crippen molar-refractivity contribution in [1.82, 2.24) is 9.62 Å². The normalized spacial score (nSPS) is 15.3. The summed E-state index contributed by atoms with van der Waals surface area (Å²) in [5.74, 6) is 0.0187. The first kappa shape index (κ1) is 28.5. The summed E-state index contributed by atoms with van der Waals surface area (Å²) in [7, 11) is -6.82. The van der Waals surface area contributed by atoms with E-state index in [4.69, 9.17) is 9.47 Å². The number of methoxy groups -OCH3 is 1. The van der Waals surface area contributed by atoms with Crippen LogP contribution in [0.25, 0.3) is 0 Å². The van der Waals surface area contributed by atoms with Gasteiger partial charge in [0.1, 0.15) is 17.1 Å². The van der Waals surface area contributed by atoms with E-state index < -0.39 is 25.6 Å². The van der Waals surface area contributed by atoms with Crippen molar-refractivity contribution >= 4 is 31.8 Å². The average molecular weight is 556 g/mol. The summed E-state index contributed by atoms with van der Waals surface area (Å²) in [5.41, 5.74) is -0.499. The number of nitrogens with zero attached hydrogens (tertiary/aromatic N) is 1. The fraction of sp³-hybridized carbons (Fsp3) is 0.458. The number of rotatable bonds is 8. The van der Waals surface area contributed by atoms with E-state index in [9.17, 15) is 26.7 Å². The fourth-order valence-electron chi connectivity index (χ4n) is 3.73. The number of sulfonamides is 2. The number of hydrogen-bond donors (Lipinski definition) is 3. The number of aromatic hydroxyl groups is 1. The number of anilines is 1. The molecule has 0 saturated carbocycles. The number of carbonyl (C=O) groups is 1. The lowest BCUT2D eigenvalue weighted by molar-refractivity contribution is 0.0185. The second kappa shape index (κ2) is 11.2. The van der Waals surface area contributed by atoms with E-state index in [0.29, 0.717) is 25.9 Å². The van der Waals surface area contributed by atoms with Gasteiger partial charge in [0.05, 0.1) is 22.6 Å². The minimum Gasteiger partial charge on any atom is -0.508 e. The standard InChI is InChI=1S/C24H33N3O8S2/c1-24(2,3)35-23(29)27-12-10-17(11-13-27)16-25-36(30,31)19-6-5-7-20(15-19)37(32,33)26-21-9-8-18(28)14-22(21)34-4/h5-9,14-15,17,25-26,28H,10-13,16H2,1-4H3. The van der Waals surface area contributed by atoms with E-state index in [-0.39, 0.29) is 45.5 Å². The maximum Gasteiger partial charge on any atom is 0.410 e. The Kier molecular flexibility index (Phi) is 8.60. The van der Waals surface area contributed by atoms with E-state index in [2.05, 4.69) is 9.44 Å². The predicted octanol–water partition coefficient (Wildman–Crippen LogP) is 3.13. The third kappa shape index (κ3) is 7.73. The van der Waals surface area contributed by atoms with E-state index in [1.807, 2.05) is 0 Å². The van der Waals surface area contributed by atoms with Crippen LogP contribution >= 0.6 is 0 Å². The molecule has 1 amide bonds. The summed E-state index contributed by atoms with van der Waals surface area (Å²) in [6.07, 6.45) is 0.825. The maximum atomic E-state index is 12.9. The largest absolute Gasteiger partial charge is 0.508 e. The van der Waals surface area contributed by atoms with Crippen molar-refractivity contribution in [2.24, 2.45) is 5.92 Å². The summed E-state index contributed by atoms with van der Waals surface area (Å²) in [4.78, 5) is 13.4. The number of carbonyl (C=O) groups excluding carboxylic acids is 1. The summed E-state index contributed by atoms with van der Waals surface area (Å²) in [6.45, 7) is 6.47. The highest BCUT2D eigenvalue weighted by Crippen LogP contribution is 2.30. The van der Waals surface area contributed by atoms with Crippen LogP contribution < -0.4 is 14.2 Å².